The standard InChI is InChI=1S/C15H18N2S/c1-11-2-4-12(5-3-11)8-15-17-10-14(18-15)9-16-13-6-7-13/h2-5,10,13,16H,6-9H2,1H3. The van der Waals surface area contributed by atoms with Crippen LogP contribution in [0, 0.1) is 6.92 Å². The summed E-state index contributed by atoms with van der Waals surface area (Å²) in [5.74, 6) is 0. The first-order valence-corrected chi connectivity index (χ1v) is 7.34. The third kappa shape index (κ3) is 3.18. The Morgan fingerprint density at radius 3 is 2.78 bits per heavy atom. The summed E-state index contributed by atoms with van der Waals surface area (Å²) in [6.07, 6.45) is 5.65. The first-order chi connectivity index (χ1) is 8.79. The van der Waals surface area contributed by atoms with Crippen molar-refractivity contribution in [2.24, 2.45) is 0 Å². The fourth-order valence-electron chi connectivity index (χ4n) is 1.92. The van der Waals surface area contributed by atoms with Crippen molar-refractivity contribution in [2.45, 2.75) is 38.8 Å². The largest absolute Gasteiger partial charge is 0.309 e. The normalized spacial score (nSPS) is 14.9. The number of benzene rings is 1. The molecule has 1 saturated carbocycles. The minimum absolute atomic E-state index is 0.771. The fourth-order valence-corrected chi connectivity index (χ4v) is 2.83. The molecule has 3 heteroatoms. The van der Waals surface area contributed by atoms with Gasteiger partial charge in [0.1, 0.15) is 0 Å². The molecule has 18 heavy (non-hydrogen) atoms. The molecule has 1 fully saturated rings. The van der Waals surface area contributed by atoms with E-state index in [9.17, 15) is 0 Å². The second-order valence-corrected chi connectivity index (χ2v) is 6.24. The Bertz CT molecular complexity index is 512. The lowest BCUT2D eigenvalue weighted by molar-refractivity contribution is 0.694. The van der Waals surface area contributed by atoms with Gasteiger partial charge in [-0.3, -0.25) is 0 Å². The lowest BCUT2D eigenvalue weighted by Crippen LogP contribution is -2.14. The molecule has 1 aliphatic rings. The molecular formula is C15H18N2S. The summed E-state index contributed by atoms with van der Waals surface area (Å²) in [5, 5.41) is 4.74. The van der Waals surface area contributed by atoms with Gasteiger partial charge in [0.25, 0.3) is 0 Å². The number of nitrogens with zero attached hydrogens (tertiary/aromatic N) is 1. The zero-order valence-electron chi connectivity index (χ0n) is 10.6. The first-order valence-electron chi connectivity index (χ1n) is 6.52. The topological polar surface area (TPSA) is 24.9 Å². The highest BCUT2D eigenvalue weighted by molar-refractivity contribution is 7.11. The number of rotatable bonds is 5. The molecule has 0 aliphatic heterocycles. The molecule has 0 atom stereocenters. The van der Waals surface area contributed by atoms with Gasteiger partial charge >= 0.3 is 0 Å². The molecule has 0 radical (unpaired) electrons. The van der Waals surface area contributed by atoms with E-state index >= 15 is 0 Å². The number of hydrogen-bond acceptors (Lipinski definition) is 3. The molecule has 1 aromatic heterocycles. The fraction of sp³-hybridized carbons (Fsp3) is 0.400. The van der Waals surface area contributed by atoms with Crippen LogP contribution in [0.4, 0.5) is 0 Å². The quantitative estimate of drug-likeness (QED) is 0.890. The minimum atomic E-state index is 0.771. The van der Waals surface area contributed by atoms with Crippen LogP contribution in [0.25, 0.3) is 0 Å². The summed E-state index contributed by atoms with van der Waals surface area (Å²) in [4.78, 5) is 5.86. The first kappa shape index (κ1) is 11.9. The molecule has 2 aromatic rings. The van der Waals surface area contributed by atoms with Crippen molar-refractivity contribution in [3.05, 3.63) is 51.5 Å². The molecule has 2 nitrogen and oxygen atoms in total. The molecule has 1 heterocycles. The van der Waals surface area contributed by atoms with Crippen LogP contribution >= 0.6 is 11.3 Å². The highest BCUT2D eigenvalue weighted by Gasteiger charge is 2.20. The van der Waals surface area contributed by atoms with E-state index < -0.39 is 0 Å². The van der Waals surface area contributed by atoms with Crippen molar-refractivity contribution in [2.75, 3.05) is 0 Å². The number of thiazole rings is 1. The molecular weight excluding hydrogens is 240 g/mol. The van der Waals surface area contributed by atoms with E-state index in [1.165, 1.54) is 33.9 Å². The summed E-state index contributed by atoms with van der Waals surface area (Å²) < 4.78 is 0. The van der Waals surface area contributed by atoms with Gasteiger partial charge in [-0.25, -0.2) is 4.98 Å². The van der Waals surface area contributed by atoms with Crippen LogP contribution < -0.4 is 5.32 Å². The third-order valence-corrected chi connectivity index (χ3v) is 4.22. The van der Waals surface area contributed by atoms with Crippen LogP contribution in [0.5, 0.6) is 0 Å². The van der Waals surface area contributed by atoms with Crippen LogP contribution in [-0.2, 0) is 13.0 Å². The van der Waals surface area contributed by atoms with Crippen LogP contribution in [0.1, 0.15) is 33.9 Å². The Kier molecular flexibility index (Phi) is 3.43. The molecule has 94 valence electrons. The molecule has 0 saturated heterocycles. The van der Waals surface area contributed by atoms with Crippen LogP contribution in [0.2, 0.25) is 0 Å². The molecule has 0 spiro atoms. The van der Waals surface area contributed by atoms with Crippen LogP contribution in [0.15, 0.2) is 30.5 Å². The van der Waals surface area contributed by atoms with Gasteiger partial charge in [0.2, 0.25) is 0 Å². The Morgan fingerprint density at radius 2 is 2.06 bits per heavy atom. The number of aryl methyl sites for hydroxylation is 1. The zero-order chi connectivity index (χ0) is 12.4. The van der Waals surface area contributed by atoms with Gasteiger partial charge in [-0.1, -0.05) is 29.8 Å². The van der Waals surface area contributed by atoms with E-state index in [0.29, 0.717) is 0 Å². The van der Waals surface area contributed by atoms with Crippen molar-refractivity contribution >= 4 is 11.3 Å². The van der Waals surface area contributed by atoms with E-state index in [4.69, 9.17) is 0 Å². The van der Waals surface area contributed by atoms with Crippen LogP contribution in [-0.4, -0.2) is 11.0 Å². The lowest BCUT2D eigenvalue weighted by Gasteiger charge is -1.99. The van der Waals surface area contributed by atoms with Gasteiger partial charge in [0, 0.05) is 30.1 Å². The highest BCUT2D eigenvalue weighted by Crippen LogP contribution is 2.21. The van der Waals surface area contributed by atoms with Crippen molar-refractivity contribution in [1.82, 2.24) is 10.3 Å². The van der Waals surface area contributed by atoms with E-state index in [1.807, 2.05) is 17.5 Å². The third-order valence-electron chi connectivity index (χ3n) is 3.22. The van der Waals surface area contributed by atoms with Crippen molar-refractivity contribution < 1.29 is 0 Å². The van der Waals surface area contributed by atoms with E-state index in [0.717, 1.165) is 19.0 Å². The maximum absolute atomic E-state index is 4.51. The smallest absolute Gasteiger partial charge is 0.0971 e. The lowest BCUT2D eigenvalue weighted by atomic mass is 10.1. The molecule has 3 rings (SSSR count). The monoisotopic (exact) mass is 258 g/mol. The van der Waals surface area contributed by atoms with Gasteiger partial charge in [-0.15, -0.1) is 11.3 Å². The van der Waals surface area contributed by atoms with Crippen molar-refractivity contribution in [1.29, 1.82) is 0 Å². The summed E-state index contributed by atoms with van der Waals surface area (Å²) in [6.45, 7) is 3.10. The molecule has 1 N–H and O–H groups in total. The van der Waals surface area contributed by atoms with Gasteiger partial charge < -0.3 is 5.32 Å². The number of nitrogens with one attached hydrogen (secondary N) is 1. The van der Waals surface area contributed by atoms with Crippen LogP contribution in [0.3, 0.4) is 0 Å². The Balaban J connectivity index is 1.60. The van der Waals surface area contributed by atoms with Crippen molar-refractivity contribution in [3.8, 4) is 0 Å². The minimum Gasteiger partial charge on any atom is -0.309 e. The molecule has 0 bridgehead atoms. The van der Waals surface area contributed by atoms with Gasteiger partial charge in [-0.05, 0) is 25.3 Å². The zero-order valence-corrected chi connectivity index (χ0v) is 11.5. The Labute approximate surface area is 112 Å². The van der Waals surface area contributed by atoms with Gasteiger partial charge in [-0.2, -0.15) is 0 Å². The van der Waals surface area contributed by atoms with Gasteiger partial charge in [0.05, 0.1) is 5.01 Å². The molecule has 0 unspecified atom stereocenters. The average Bonchev–Trinajstić information content (AvgIpc) is 3.10. The summed E-state index contributed by atoms with van der Waals surface area (Å²) in [6, 6.07) is 9.49. The summed E-state index contributed by atoms with van der Waals surface area (Å²) in [7, 11) is 0. The molecule has 0 amide bonds. The highest BCUT2D eigenvalue weighted by atomic mass is 32.1. The Morgan fingerprint density at radius 1 is 1.28 bits per heavy atom. The van der Waals surface area contributed by atoms with Crippen molar-refractivity contribution in [3.63, 3.8) is 0 Å². The SMILES string of the molecule is Cc1ccc(Cc2ncc(CNC3CC3)s2)cc1. The van der Waals surface area contributed by atoms with E-state index in [-0.39, 0.29) is 0 Å². The van der Waals surface area contributed by atoms with E-state index in [2.05, 4.69) is 41.5 Å². The number of aromatic nitrogens is 1. The maximum Gasteiger partial charge on any atom is 0.0971 e. The summed E-state index contributed by atoms with van der Waals surface area (Å²) in [5.41, 5.74) is 2.66. The number of hydrogen-bond donors (Lipinski definition) is 1. The Hall–Kier alpha value is -1.19. The molecule has 1 aromatic carbocycles. The maximum atomic E-state index is 4.51. The predicted molar refractivity (Wildman–Crippen MR) is 76.0 cm³/mol. The predicted octanol–water partition coefficient (Wildman–Crippen LogP) is 3.29. The van der Waals surface area contributed by atoms with E-state index in [1.54, 1.807) is 0 Å². The van der Waals surface area contributed by atoms with Gasteiger partial charge in [0.15, 0.2) is 0 Å². The second kappa shape index (κ2) is 5.21. The second-order valence-electron chi connectivity index (χ2n) is 5.04. The molecule has 1 aliphatic carbocycles. The summed E-state index contributed by atoms with van der Waals surface area (Å²) >= 11 is 1.83. The average molecular weight is 258 g/mol.